The molecule has 0 aliphatic rings. The van der Waals surface area contributed by atoms with Gasteiger partial charge in [0.05, 0.1) is 0 Å². The number of aromatic nitrogens is 2. The Morgan fingerprint density at radius 2 is 1.93 bits per heavy atom. The molecule has 1 aromatic carbocycles. The molecule has 3 heterocycles. The number of H-pyrrole nitrogens is 1. The van der Waals surface area contributed by atoms with Crippen molar-refractivity contribution in [1.29, 1.82) is 5.26 Å². The molecule has 0 saturated carbocycles. The summed E-state index contributed by atoms with van der Waals surface area (Å²) in [6, 6.07) is 12.9. The van der Waals surface area contributed by atoms with Gasteiger partial charge in [0.25, 0.3) is 0 Å². The first kappa shape index (κ1) is 18.3. The van der Waals surface area contributed by atoms with Crippen LogP contribution in [0.15, 0.2) is 59.4 Å². The highest BCUT2D eigenvalue weighted by molar-refractivity contribution is 6.10. The van der Waals surface area contributed by atoms with Crippen LogP contribution in [0.3, 0.4) is 0 Å². The minimum Gasteiger partial charge on any atom is -0.451 e. The summed E-state index contributed by atoms with van der Waals surface area (Å²) < 4.78 is 12.6. The van der Waals surface area contributed by atoms with E-state index in [1.54, 1.807) is 42.2 Å². The van der Waals surface area contributed by atoms with Crippen molar-refractivity contribution in [2.75, 3.05) is 0 Å². The summed E-state index contributed by atoms with van der Waals surface area (Å²) >= 11 is 0. The quantitative estimate of drug-likeness (QED) is 0.409. The Balaban J connectivity index is 1.61. The van der Waals surface area contributed by atoms with Crippen LogP contribution < -0.4 is 0 Å². The Morgan fingerprint density at radius 1 is 1.21 bits per heavy atom. The molecule has 0 radical (unpaired) electrons. The van der Waals surface area contributed by atoms with E-state index in [0.29, 0.717) is 5.56 Å². The van der Waals surface area contributed by atoms with E-state index in [2.05, 4.69) is 4.98 Å². The van der Waals surface area contributed by atoms with Gasteiger partial charge in [-0.05, 0) is 32.0 Å². The Labute approximate surface area is 166 Å². The smallest absolute Gasteiger partial charge is 0.343 e. The van der Waals surface area contributed by atoms with Gasteiger partial charge in [0.15, 0.2) is 6.10 Å². The number of rotatable bonds is 5. The van der Waals surface area contributed by atoms with E-state index in [9.17, 15) is 14.9 Å². The van der Waals surface area contributed by atoms with Gasteiger partial charge in [0.2, 0.25) is 11.7 Å². The second kappa shape index (κ2) is 7.17. The number of esters is 1. The number of hydrogen-bond acceptors (Lipinski definition) is 5. The van der Waals surface area contributed by atoms with Crippen LogP contribution in [-0.4, -0.2) is 27.4 Å². The number of carbonyl (C=O) groups is 2. The third-order valence-corrected chi connectivity index (χ3v) is 4.73. The third kappa shape index (κ3) is 3.11. The van der Waals surface area contributed by atoms with Gasteiger partial charge in [0, 0.05) is 35.1 Å². The van der Waals surface area contributed by atoms with Crippen LogP contribution in [0.5, 0.6) is 0 Å². The number of benzene rings is 1. The number of fused-ring (bicyclic) bond motifs is 1. The monoisotopic (exact) mass is 387 g/mol. The van der Waals surface area contributed by atoms with E-state index in [1.165, 1.54) is 6.92 Å². The zero-order chi connectivity index (χ0) is 20.5. The number of aromatic amines is 1. The number of nitrogens with one attached hydrogen (secondary N) is 1. The summed E-state index contributed by atoms with van der Waals surface area (Å²) in [6.45, 7) is 3.09. The number of para-hydroxylation sites is 1. The Kier molecular flexibility index (Phi) is 4.53. The van der Waals surface area contributed by atoms with Crippen molar-refractivity contribution in [3.05, 3.63) is 77.4 Å². The average molecular weight is 387 g/mol. The summed E-state index contributed by atoms with van der Waals surface area (Å²) in [6.07, 6.45) is 3.98. The van der Waals surface area contributed by atoms with E-state index in [4.69, 9.17) is 9.15 Å². The molecule has 0 aliphatic carbocycles. The van der Waals surface area contributed by atoms with Crippen molar-refractivity contribution in [3.63, 3.8) is 0 Å². The van der Waals surface area contributed by atoms with Crippen LogP contribution in [0.4, 0.5) is 0 Å². The van der Waals surface area contributed by atoms with Crippen molar-refractivity contribution in [2.24, 2.45) is 0 Å². The van der Waals surface area contributed by atoms with Gasteiger partial charge in [-0.2, -0.15) is 5.26 Å². The first-order valence-electron chi connectivity index (χ1n) is 8.99. The molecule has 7 nitrogen and oxygen atoms in total. The molecule has 4 aromatic rings. The maximum atomic E-state index is 12.8. The molecular formula is C22H17N3O4. The number of ether oxygens (including phenoxy) is 1. The Bertz CT molecular complexity index is 1260. The van der Waals surface area contributed by atoms with Gasteiger partial charge >= 0.3 is 5.97 Å². The maximum absolute atomic E-state index is 12.8. The molecule has 29 heavy (non-hydrogen) atoms. The summed E-state index contributed by atoms with van der Waals surface area (Å²) in [4.78, 5) is 28.6. The minimum absolute atomic E-state index is 0.0229. The van der Waals surface area contributed by atoms with E-state index < -0.39 is 12.1 Å². The van der Waals surface area contributed by atoms with Gasteiger partial charge in [0.1, 0.15) is 23.0 Å². The van der Waals surface area contributed by atoms with E-state index in [-0.39, 0.29) is 28.6 Å². The molecule has 0 saturated heterocycles. The number of hydrogen-bond donors (Lipinski definition) is 1. The second-order valence-electron chi connectivity index (χ2n) is 6.58. The normalized spacial score (nSPS) is 11.9. The highest BCUT2D eigenvalue weighted by Gasteiger charge is 2.29. The van der Waals surface area contributed by atoms with Gasteiger partial charge in [-0.25, -0.2) is 4.79 Å². The fraction of sp³-hybridized carbons (Fsp3) is 0.136. The predicted octanol–water partition coefficient (Wildman–Crippen LogP) is 4.16. The van der Waals surface area contributed by atoms with E-state index in [1.807, 2.05) is 30.3 Å². The fourth-order valence-corrected chi connectivity index (χ4v) is 3.30. The Hall–Kier alpha value is -4.05. The van der Waals surface area contributed by atoms with Crippen molar-refractivity contribution in [3.8, 4) is 12.0 Å². The lowest BCUT2D eigenvalue weighted by Crippen LogP contribution is -2.24. The predicted molar refractivity (Wildman–Crippen MR) is 105 cm³/mol. The molecule has 7 heteroatoms. The third-order valence-electron chi connectivity index (χ3n) is 4.73. The fourth-order valence-electron chi connectivity index (χ4n) is 3.30. The zero-order valence-corrected chi connectivity index (χ0v) is 15.8. The van der Waals surface area contributed by atoms with Crippen molar-refractivity contribution < 1.29 is 18.7 Å². The van der Waals surface area contributed by atoms with Gasteiger partial charge in [-0.3, -0.25) is 9.36 Å². The summed E-state index contributed by atoms with van der Waals surface area (Å²) in [5, 5.41) is 10.3. The maximum Gasteiger partial charge on any atom is 0.343 e. The number of nitriles is 1. The molecule has 0 bridgehead atoms. The topological polar surface area (TPSA) is 101 Å². The molecule has 1 atom stereocenters. The first-order valence-corrected chi connectivity index (χ1v) is 8.99. The van der Waals surface area contributed by atoms with Crippen LogP contribution >= 0.6 is 0 Å². The lowest BCUT2D eigenvalue weighted by Gasteiger charge is -2.11. The lowest BCUT2D eigenvalue weighted by molar-refractivity contribution is 0.0317. The number of ketones is 1. The lowest BCUT2D eigenvalue weighted by atomic mass is 10.1. The molecule has 3 aromatic heterocycles. The van der Waals surface area contributed by atoms with E-state index >= 15 is 0 Å². The Morgan fingerprint density at radius 3 is 2.66 bits per heavy atom. The highest BCUT2D eigenvalue weighted by Crippen LogP contribution is 2.27. The molecule has 1 N–H and O–H groups in total. The molecule has 0 spiro atoms. The summed E-state index contributed by atoms with van der Waals surface area (Å²) in [5.74, 6) is -0.623. The molecule has 0 amide bonds. The SMILES string of the molecule is Cc1oc(-n2cccc2)c(C#N)c1C(=O)O[C@@H](C)C(=O)c1c[nH]c2ccccc12. The molecule has 0 unspecified atom stereocenters. The number of Topliss-reactive ketones (excluding diaryl/α,β-unsaturated/α-hetero) is 1. The van der Waals surface area contributed by atoms with Gasteiger partial charge in [-0.15, -0.1) is 0 Å². The van der Waals surface area contributed by atoms with Crippen LogP contribution in [0, 0.1) is 18.3 Å². The number of aryl methyl sites for hydroxylation is 1. The summed E-state index contributed by atoms with van der Waals surface area (Å²) in [5.41, 5.74) is 1.35. The number of nitrogens with zero attached hydrogens (tertiary/aromatic N) is 2. The standard InChI is InChI=1S/C22H17N3O4/c1-13-19(16(11-23)21(28-13)25-9-5-6-10-25)22(27)29-14(2)20(26)17-12-24-18-8-4-3-7-15(17)18/h3-10,12,14,24H,1-2H3/t14-/m0/s1. The van der Waals surface area contributed by atoms with Gasteiger partial charge < -0.3 is 14.1 Å². The second-order valence-corrected chi connectivity index (χ2v) is 6.58. The molecule has 4 rings (SSSR count). The molecule has 0 fully saturated rings. The zero-order valence-electron chi connectivity index (χ0n) is 15.8. The number of carbonyl (C=O) groups excluding carboxylic acids is 2. The number of furan rings is 1. The molecular weight excluding hydrogens is 370 g/mol. The van der Waals surface area contributed by atoms with E-state index in [0.717, 1.165) is 10.9 Å². The largest absolute Gasteiger partial charge is 0.451 e. The van der Waals surface area contributed by atoms with Crippen LogP contribution in [0.25, 0.3) is 16.8 Å². The molecule has 0 aliphatic heterocycles. The van der Waals surface area contributed by atoms with Crippen LogP contribution in [0.1, 0.15) is 39.0 Å². The van der Waals surface area contributed by atoms with Crippen molar-refractivity contribution in [2.45, 2.75) is 20.0 Å². The average Bonchev–Trinajstić information content (AvgIpc) is 3.45. The van der Waals surface area contributed by atoms with Crippen molar-refractivity contribution >= 4 is 22.7 Å². The minimum atomic E-state index is -1.03. The molecule has 144 valence electrons. The summed E-state index contributed by atoms with van der Waals surface area (Å²) in [7, 11) is 0. The van der Waals surface area contributed by atoms with Crippen LogP contribution in [0.2, 0.25) is 0 Å². The van der Waals surface area contributed by atoms with Gasteiger partial charge in [-0.1, -0.05) is 18.2 Å². The van der Waals surface area contributed by atoms with Crippen molar-refractivity contribution in [1.82, 2.24) is 9.55 Å². The first-order chi connectivity index (χ1) is 14.0. The highest BCUT2D eigenvalue weighted by atomic mass is 16.5. The van der Waals surface area contributed by atoms with Crippen LogP contribution in [-0.2, 0) is 4.74 Å².